The smallest absolute Gasteiger partial charge is 0.303 e. The van der Waals surface area contributed by atoms with E-state index in [1.807, 2.05) is 0 Å². The van der Waals surface area contributed by atoms with Crippen molar-refractivity contribution < 1.29 is 18.3 Å². The fourth-order valence-electron chi connectivity index (χ4n) is 2.78. The zero-order chi connectivity index (χ0) is 18.4. The number of carboxylic acids is 1. The summed E-state index contributed by atoms with van der Waals surface area (Å²) in [5.74, 6) is -0.945. The first kappa shape index (κ1) is 17.2. The second kappa shape index (κ2) is 6.01. The van der Waals surface area contributed by atoms with E-state index in [-0.39, 0.29) is 23.3 Å². The van der Waals surface area contributed by atoms with Crippen molar-refractivity contribution in [3.63, 3.8) is 0 Å². The van der Waals surface area contributed by atoms with Crippen LogP contribution in [0.1, 0.15) is 12.0 Å². The molecule has 3 N–H and O–H groups in total. The number of nitrogens with one attached hydrogen (secondary N) is 2. The van der Waals surface area contributed by atoms with Gasteiger partial charge in [0, 0.05) is 43.0 Å². The summed E-state index contributed by atoms with van der Waals surface area (Å²) in [6, 6.07) is 4.48. The normalized spacial score (nSPS) is 12.3. The van der Waals surface area contributed by atoms with E-state index in [4.69, 9.17) is 5.11 Å². The van der Waals surface area contributed by atoms with Crippen molar-refractivity contribution in [1.82, 2.24) is 14.3 Å². The van der Waals surface area contributed by atoms with Crippen LogP contribution in [0.2, 0.25) is 0 Å². The Morgan fingerprint density at radius 2 is 2.00 bits per heavy atom. The fourth-order valence-corrected chi connectivity index (χ4v) is 3.71. The quantitative estimate of drug-likeness (QED) is 0.630. The average Bonchev–Trinajstić information content (AvgIpc) is 2.97. The maximum atomic E-state index is 12.4. The summed E-state index contributed by atoms with van der Waals surface area (Å²) >= 11 is 0. The molecule has 0 amide bonds. The third kappa shape index (κ3) is 2.92. The number of aryl methyl sites for hydroxylation is 1. The molecule has 0 bridgehead atoms. The zero-order valence-electron chi connectivity index (χ0n) is 13.7. The Balaban J connectivity index is 2.32. The molecular weight excluding hydrogens is 346 g/mol. The topological polar surface area (TPSA) is 123 Å². The van der Waals surface area contributed by atoms with Crippen LogP contribution in [-0.2, 0) is 21.2 Å². The molecule has 25 heavy (non-hydrogen) atoms. The maximum Gasteiger partial charge on any atom is 0.303 e. The number of hydrogen-bond acceptors (Lipinski definition) is 4. The van der Waals surface area contributed by atoms with Crippen LogP contribution in [0.4, 0.5) is 0 Å². The molecular formula is C16H17N3O5S. The van der Waals surface area contributed by atoms with Gasteiger partial charge >= 0.3 is 5.97 Å². The minimum absolute atomic E-state index is 0.0864. The molecule has 0 fully saturated rings. The first-order valence-electron chi connectivity index (χ1n) is 7.52. The monoisotopic (exact) mass is 363 g/mol. The van der Waals surface area contributed by atoms with Gasteiger partial charge < -0.3 is 15.1 Å². The van der Waals surface area contributed by atoms with Gasteiger partial charge in [-0.3, -0.25) is 9.59 Å². The van der Waals surface area contributed by atoms with Gasteiger partial charge in [-0.1, -0.05) is 0 Å². The zero-order valence-corrected chi connectivity index (χ0v) is 14.5. The first-order chi connectivity index (χ1) is 11.7. The minimum atomic E-state index is -3.63. The first-order valence-corrected chi connectivity index (χ1v) is 8.96. The predicted molar refractivity (Wildman–Crippen MR) is 93.3 cm³/mol. The summed E-state index contributed by atoms with van der Waals surface area (Å²) in [5, 5.41) is 10.0. The Hall–Kier alpha value is -2.65. The summed E-state index contributed by atoms with van der Waals surface area (Å²) in [6.45, 7) is 0. The van der Waals surface area contributed by atoms with Gasteiger partial charge in [0.25, 0.3) is 5.56 Å². The van der Waals surface area contributed by atoms with Crippen LogP contribution >= 0.6 is 0 Å². The molecule has 0 atom stereocenters. The highest BCUT2D eigenvalue weighted by molar-refractivity contribution is 7.89. The number of benzene rings is 1. The van der Waals surface area contributed by atoms with Gasteiger partial charge in [-0.25, -0.2) is 12.7 Å². The van der Waals surface area contributed by atoms with E-state index < -0.39 is 16.0 Å². The van der Waals surface area contributed by atoms with Gasteiger partial charge in [0.2, 0.25) is 10.0 Å². The fraction of sp³-hybridized carbons (Fsp3) is 0.250. The summed E-state index contributed by atoms with van der Waals surface area (Å²) in [6.07, 6.45) is 1.74. The van der Waals surface area contributed by atoms with Gasteiger partial charge in [-0.05, 0) is 30.2 Å². The standard InChI is InChI=1S/C16H17N3O5S/c1-19(2)25(23,24)10-4-5-12-11(7-10)14-9(3-6-13(20)21)8-17-15(14)16(22)18-12/h4-5,7-8,17H,3,6H2,1-2H3,(H,18,22)(H,20,21). The lowest BCUT2D eigenvalue weighted by Crippen LogP contribution is -2.22. The van der Waals surface area contributed by atoms with E-state index in [0.29, 0.717) is 27.4 Å². The number of hydrogen-bond donors (Lipinski definition) is 3. The number of aliphatic carboxylic acids is 1. The Bertz CT molecular complexity index is 1140. The van der Waals surface area contributed by atoms with Crippen molar-refractivity contribution in [2.24, 2.45) is 0 Å². The van der Waals surface area contributed by atoms with Crippen LogP contribution in [0.3, 0.4) is 0 Å². The molecule has 3 rings (SSSR count). The number of aromatic amines is 2. The highest BCUT2D eigenvalue weighted by atomic mass is 32.2. The largest absolute Gasteiger partial charge is 0.481 e. The van der Waals surface area contributed by atoms with E-state index in [1.54, 1.807) is 12.3 Å². The van der Waals surface area contributed by atoms with Crippen molar-refractivity contribution in [2.75, 3.05) is 14.1 Å². The van der Waals surface area contributed by atoms with E-state index >= 15 is 0 Å². The number of H-pyrrole nitrogens is 2. The number of rotatable bonds is 5. The molecule has 132 valence electrons. The number of pyridine rings is 1. The number of fused-ring (bicyclic) bond motifs is 3. The van der Waals surface area contributed by atoms with Gasteiger partial charge in [-0.15, -0.1) is 0 Å². The predicted octanol–water partition coefficient (Wildman–Crippen LogP) is 1.28. The molecule has 0 unspecified atom stereocenters. The molecule has 0 aliphatic heterocycles. The molecule has 1 aromatic carbocycles. The van der Waals surface area contributed by atoms with Crippen LogP contribution < -0.4 is 5.56 Å². The molecule has 9 heteroatoms. The summed E-state index contributed by atoms with van der Waals surface area (Å²) in [7, 11) is -0.750. The highest BCUT2D eigenvalue weighted by Crippen LogP contribution is 2.28. The van der Waals surface area contributed by atoms with Crippen LogP contribution in [0.25, 0.3) is 21.8 Å². The van der Waals surface area contributed by atoms with Crippen LogP contribution in [-0.4, -0.2) is 47.9 Å². The number of sulfonamides is 1. The van der Waals surface area contributed by atoms with Crippen molar-refractivity contribution in [1.29, 1.82) is 0 Å². The number of carbonyl (C=O) groups is 1. The van der Waals surface area contributed by atoms with Crippen LogP contribution in [0.5, 0.6) is 0 Å². The third-order valence-corrected chi connectivity index (χ3v) is 5.90. The van der Waals surface area contributed by atoms with E-state index in [1.165, 1.54) is 26.2 Å². The molecule has 8 nitrogen and oxygen atoms in total. The van der Waals surface area contributed by atoms with Crippen molar-refractivity contribution >= 4 is 37.8 Å². The molecule has 2 aromatic heterocycles. The molecule has 3 aromatic rings. The van der Waals surface area contributed by atoms with E-state index in [2.05, 4.69) is 9.97 Å². The second-order valence-corrected chi connectivity index (χ2v) is 8.06. The lowest BCUT2D eigenvalue weighted by Gasteiger charge is -2.12. The lowest BCUT2D eigenvalue weighted by molar-refractivity contribution is -0.136. The lowest BCUT2D eigenvalue weighted by atomic mass is 10.0. The number of carboxylic acid groups (broad SMARTS) is 1. The Kier molecular flexibility index (Phi) is 4.13. The summed E-state index contributed by atoms with van der Waals surface area (Å²) in [5.41, 5.74) is 1.11. The van der Waals surface area contributed by atoms with Crippen molar-refractivity contribution in [3.05, 3.63) is 40.3 Å². The van der Waals surface area contributed by atoms with Crippen molar-refractivity contribution in [3.8, 4) is 0 Å². The molecule has 0 saturated carbocycles. The molecule has 0 radical (unpaired) electrons. The van der Waals surface area contributed by atoms with Crippen LogP contribution in [0.15, 0.2) is 34.1 Å². The Morgan fingerprint density at radius 3 is 2.64 bits per heavy atom. The average molecular weight is 363 g/mol. The Morgan fingerprint density at radius 1 is 1.28 bits per heavy atom. The SMILES string of the molecule is CN(C)S(=O)(=O)c1ccc2[nH]c(=O)c3[nH]cc(CCC(=O)O)c3c2c1. The summed E-state index contributed by atoms with van der Waals surface area (Å²) < 4.78 is 25.9. The number of nitrogens with zero attached hydrogens (tertiary/aromatic N) is 1. The molecule has 0 aliphatic carbocycles. The molecule has 0 spiro atoms. The molecule has 2 heterocycles. The van der Waals surface area contributed by atoms with Gasteiger partial charge in [0.05, 0.1) is 4.90 Å². The van der Waals surface area contributed by atoms with Gasteiger partial charge in [-0.2, -0.15) is 0 Å². The Labute approximate surface area is 143 Å². The molecule has 0 aliphatic rings. The van der Waals surface area contributed by atoms with Crippen molar-refractivity contribution in [2.45, 2.75) is 17.7 Å². The second-order valence-electron chi connectivity index (χ2n) is 5.91. The maximum absolute atomic E-state index is 12.4. The third-order valence-electron chi connectivity index (χ3n) is 4.08. The molecule has 0 saturated heterocycles. The summed E-state index contributed by atoms with van der Waals surface area (Å²) in [4.78, 5) is 28.7. The highest BCUT2D eigenvalue weighted by Gasteiger charge is 2.19. The van der Waals surface area contributed by atoms with Crippen LogP contribution in [0, 0.1) is 0 Å². The number of aromatic nitrogens is 2. The van der Waals surface area contributed by atoms with E-state index in [9.17, 15) is 18.0 Å². The van der Waals surface area contributed by atoms with Gasteiger partial charge in [0.1, 0.15) is 5.52 Å². The minimum Gasteiger partial charge on any atom is -0.481 e. The van der Waals surface area contributed by atoms with E-state index in [0.717, 1.165) is 4.31 Å². The van der Waals surface area contributed by atoms with Gasteiger partial charge in [0.15, 0.2) is 0 Å².